The summed E-state index contributed by atoms with van der Waals surface area (Å²) in [6.45, 7) is 3.97. The molecule has 0 aliphatic heterocycles. The summed E-state index contributed by atoms with van der Waals surface area (Å²) in [7, 11) is 0. The molecule has 3 aromatic rings. The van der Waals surface area contributed by atoms with Crippen LogP contribution in [0.25, 0.3) is 10.9 Å². The van der Waals surface area contributed by atoms with Crippen molar-refractivity contribution in [2.75, 3.05) is 0 Å². The SMILES string of the molecule is Cc1ccc(CNC(=O)[C@H](C)OC(=O)c2c[nH]c3ccccc23)cc1. The maximum Gasteiger partial charge on any atom is 0.341 e. The van der Waals surface area contributed by atoms with Gasteiger partial charge >= 0.3 is 5.97 Å². The topological polar surface area (TPSA) is 71.2 Å². The highest BCUT2D eigenvalue weighted by molar-refractivity contribution is 6.04. The second-order valence-electron chi connectivity index (χ2n) is 6.00. The molecule has 0 fully saturated rings. The number of hydrogen-bond acceptors (Lipinski definition) is 3. The third-order valence-corrected chi connectivity index (χ3v) is 4.05. The molecule has 128 valence electrons. The first-order chi connectivity index (χ1) is 12.0. The Kier molecular flexibility index (Phi) is 4.84. The van der Waals surface area contributed by atoms with Gasteiger partial charge in [-0.15, -0.1) is 0 Å². The zero-order chi connectivity index (χ0) is 17.8. The molecule has 0 spiro atoms. The molecule has 1 heterocycles. The molecule has 3 rings (SSSR count). The van der Waals surface area contributed by atoms with Gasteiger partial charge in [-0.05, 0) is 25.5 Å². The van der Waals surface area contributed by atoms with E-state index in [2.05, 4.69) is 10.3 Å². The number of carbonyl (C=O) groups is 2. The van der Waals surface area contributed by atoms with E-state index in [0.29, 0.717) is 12.1 Å². The molecule has 1 aromatic heterocycles. The van der Waals surface area contributed by atoms with Crippen LogP contribution in [0.1, 0.15) is 28.4 Å². The van der Waals surface area contributed by atoms with Gasteiger partial charge in [-0.1, -0.05) is 48.0 Å². The van der Waals surface area contributed by atoms with Gasteiger partial charge in [0.05, 0.1) is 5.56 Å². The van der Waals surface area contributed by atoms with Crippen molar-refractivity contribution < 1.29 is 14.3 Å². The average Bonchev–Trinajstić information content (AvgIpc) is 3.05. The number of esters is 1. The van der Waals surface area contributed by atoms with Gasteiger partial charge in [0.2, 0.25) is 0 Å². The smallest absolute Gasteiger partial charge is 0.341 e. The van der Waals surface area contributed by atoms with Crippen LogP contribution in [0.2, 0.25) is 0 Å². The third kappa shape index (κ3) is 3.88. The number of para-hydroxylation sites is 1. The highest BCUT2D eigenvalue weighted by Gasteiger charge is 2.20. The van der Waals surface area contributed by atoms with Crippen LogP contribution in [-0.2, 0) is 16.1 Å². The van der Waals surface area contributed by atoms with E-state index in [0.717, 1.165) is 22.0 Å². The quantitative estimate of drug-likeness (QED) is 0.702. The van der Waals surface area contributed by atoms with Crippen LogP contribution in [0.4, 0.5) is 0 Å². The largest absolute Gasteiger partial charge is 0.449 e. The van der Waals surface area contributed by atoms with Crippen LogP contribution in [-0.4, -0.2) is 23.0 Å². The number of aromatic amines is 1. The molecule has 1 atom stereocenters. The van der Waals surface area contributed by atoms with Gasteiger partial charge < -0.3 is 15.0 Å². The molecular weight excluding hydrogens is 316 g/mol. The molecule has 1 amide bonds. The molecule has 0 unspecified atom stereocenters. The Morgan fingerprint density at radius 2 is 1.84 bits per heavy atom. The van der Waals surface area contributed by atoms with Crippen molar-refractivity contribution in [1.29, 1.82) is 0 Å². The zero-order valence-electron chi connectivity index (χ0n) is 14.2. The lowest BCUT2D eigenvalue weighted by atomic mass is 10.1. The van der Waals surface area contributed by atoms with E-state index >= 15 is 0 Å². The van der Waals surface area contributed by atoms with Crippen molar-refractivity contribution in [3.8, 4) is 0 Å². The van der Waals surface area contributed by atoms with Crippen LogP contribution in [0.3, 0.4) is 0 Å². The first kappa shape index (κ1) is 16.8. The lowest BCUT2D eigenvalue weighted by Gasteiger charge is -2.13. The highest BCUT2D eigenvalue weighted by Crippen LogP contribution is 2.19. The predicted molar refractivity (Wildman–Crippen MR) is 96.2 cm³/mol. The minimum Gasteiger partial charge on any atom is -0.449 e. The minimum atomic E-state index is -0.869. The second-order valence-corrected chi connectivity index (χ2v) is 6.00. The number of aromatic nitrogens is 1. The number of aryl methyl sites for hydroxylation is 1. The lowest BCUT2D eigenvalue weighted by Crippen LogP contribution is -2.35. The summed E-state index contributed by atoms with van der Waals surface area (Å²) in [5.41, 5.74) is 3.44. The van der Waals surface area contributed by atoms with Gasteiger partial charge in [0.25, 0.3) is 5.91 Å². The molecule has 5 nitrogen and oxygen atoms in total. The Bertz CT molecular complexity index is 897. The van der Waals surface area contributed by atoms with Gasteiger partial charge in [-0.25, -0.2) is 4.79 Å². The maximum absolute atomic E-state index is 12.3. The Morgan fingerprint density at radius 3 is 2.60 bits per heavy atom. The number of fused-ring (bicyclic) bond motifs is 1. The van der Waals surface area contributed by atoms with Gasteiger partial charge in [-0.3, -0.25) is 4.79 Å². The summed E-state index contributed by atoms with van der Waals surface area (Å²) in [6.07, 6.45) is 0.732. The number of H-pyrrole nitrogens is 1. The molecule has 2 N–H and O–H groups in total. The van der Waals surface area contributed by atoms with Crippen molar-refractivity contribution in [2.24, 2.45) is 0 Å². The Morgan fingerprint density at radius 1 is 1.12 bits per heavy atom. The number of benzene rings is 2. The predicted octanol–water partition coefficient (Wildman–Crippen LogP) is 3.34. The standard InChI is InChI=1S/C20H20N2O3/c1-13-7-9-15(10-8-13)11-22-19(23)14(2)25-20(24)17-12-21-18-6-4-3-5-16(17)18/h3-10,12,14,21H,11H2,1-2H3,(H,22,23)/t14-/m0/s1. The van der Waals surface area contributed by atoms with Crippen LogP contribution >= 0.6 is 0 Å². The van der Waals surface area contributed by atoms with Crippen LogP contribution < -0.4 is 5.32 Å². The van der Waals surface area contributed by atoms with E-state index in [1.807, 2.05) is 55.5 Å². The highest BCUT2D eigenvalue weighted by atomic mass is 16.5. The summed E-state index contributed by atoms with van der Waals surface area (Å²) in [4.78, 5) is 27.5. The Balaban J connectivity index is 1.59. The number of nitrogens with one attached hydrogen (secondary N) is 2. The van der Waals surface area contributed by atoms with Gasteiger partial charge in [0.1, 0.15) is 0 Å². The van der Waals surface area contributed by atoms with Crippen molar-refractivity contribution in [3.05, 3.63) is 71.4 Å². The van der Waals surface area contributed by atoms with Gasteiger partial charge in [0, 0.05) is 23.6 Å². The molecule has 2 aromatic carbocycles. The molecule has 0 aliphatic carbocycles. The van der Waals surface area contributed by atoms with Crippen LogP contribution in [0.5, 0.6) is 0 Å². The summed E-state index contributed by atoms with van der Waals surface area (Å²) in [5.74, 6) is -0.843. The van der Waals surface area contributed by atoms with Gasteiger partial charge in [0.15, 0.2) is 6.10 Å². The average molecular weight is 336 g/mol. The number of amides is 1. The Labute approximate surface area is 146 Å². The first-order valence-electron chi connectivity index (χ1n) is 8.15. The van der Waals surface area contributed by atoms with E-state index in [1.54, 1.807) is 13.1 Å². The number of rotatable bonds is 5. The monoisotopic (exact) mass is 336 g/mol. The summed E-state index contributed by atoms with van der Waals surface area (Å²) >= 11 is 0. The molecule has 0 aliphatic rings. The lowest BCUT2D eigenvalue weighted by molar-refractivity contribution is -0.129. The molecule has 5 heteroatoms. The van der Waals surface area contributed by atoms with Gasteiger partial charge in [-0.2, -0.15) is 0 Å². The zero-order valence-corrected chi connectivity index (χ0v) is 14.2. The molecule has 0 saturated heterocycles. The molecule has 0 saturated carbocycles. The summed E-state index contributed by atoms with van der Waals surface area (Å²) < 4.78 is 5.30. The third-order valence-electron chi connectivity index (χ3n) is 4.05. The molecular formula is C20H20N2O3. The first-order valence-corrected chi connectivity index (χ1v) is 8.15. The molecule has 25 heavy (non-hydrogen) atoms. The number of ether oxygens (including phenoxy) is 1. The van der Waals surface area contributed by atoms with Crippen molar-refractivity contribution in [2.45, 2.75) is 26.5 Å². The summed E-state index contributed by atoms with van der Waals surface area (Å²) in [6, 6.07) is 15.3. The number of carbonyl (C=O) groups excluding carboxylic acids is 2. The van der Waals surface area contributed by atoms with E-state index in [9.17, 15) is 9.59 Å². The van der Waals surface area contributed by atoms with E-state index in [-0.39, 0.29) is 5.91 Å². The minimum absolute atomic E-state index is 0.325. The van der Waals surface area contributed by atoms with Crippen LogP contribution in [0, 0.1) is 6.92 Å². The summed E-state index contributed by atoms with van der Waals surface area (Å²) in [5, 5.41) is 3.56. The van der Waals surface area contributed by atoms with E-state index in [1.165, 1.54) is 0 Å². The van der Waals surface area contributed by atoms with Crippen molar-refractivity contribution in [3.63, 3.8) is 0 Å². The van der Waals surface area contributed by atoms with E-state index < -0.39 is 12.1 Å². The normalized spacial score (nSPS) is 11.9. The number of hydrogen-bond donors (Lipinski definition) is 2. The van der Waals surface area contributed by atoms with Crippen molar-refractivity contribution >= 4 is 22.8 Å². The maximum atomic E-state index is 12.3. The van der Waals surface area contributed by atoms with Crippen molar-refractivity contribution in [1.82, 2.24) is 10.3 Å². The molecule has 0 radical (unpaired) electrons. The molecule has 0 bridgehead atoms. The van der Waals surface area contributed by atoms with E-state index in [4.69, 9.17) is 4.74 Å². The fourth-order valence-corrected chi connectivity index (χ4v) is 2.56. The fraction of sp³-hybridized carbons (Fsp3) is 0.200. The Hall–Kier alpha value is -3.08. The fourth-order valence-electron chi connectivity index (χ4n) is 2.56. The van der Waals surface area contributed by atoms with Crippen LogP contribution in [0.15, 0.2) is 54.7 Å². The second kappa shape index (κ2) is 7.21.